The molecule has 0 fully saturated rings. The molecule has 0 bridgehead atoms. The maximum atomic E-state index is 11.5. The SMILES string of the molecule is C=C(Cl)CNC(=O)c1cnc(Cl)c(Cl)c1. The van der Waals surface area contributed by atoms with Crippen LogP contribution in [0.3, 0.4) is 0 Å². The van der Waals surface area contributed by atoms with Crippen LogP contribution >= 0.6 is 34.8 Å². The fourth-order valence-electron chi connectivity index (χ4n) is 0.824. The zero-order chi connectivity index (χ0) is 11.4. The number of carbonyl (C=O) groups excluding carboxylic acids is 1. The molecule has 0 atom stereocenters. The summed E-state index contributed by atoms with van der Waals surface area (Å²) in [5.41, 5.74) is 0.322. The lowest BCUT2D eigenvalue weighted by Gasteiger charge is -2.04. The van der Waals surface area contributed by atoms with Crippen molar-refractivity contribution in [1.29, 1.82) is 0 Å². The summed E-state index contributed by atoms with van der Waals surface area (Å²) in [6, 6.07) is 1.43. The highest BCUT2D eigenvalue weighted by Gasteiger charge is 2.08. The van der Waals surface area contributed by atoms with E-state index in [4.69, 9.17) is 34.8 Å². The van der Waals surface area contributed by atoms with E-state index in [1.165, 1.54) is 12.3 Å². The average Bonchev–Trinajstić information content (AvgIpc) is 2.18. The number of nitrogens with zero attached hydrogens (tertiary/aromatic N) is 1. The molecule has 0 aliphatic carbocycles. The fraction of sp³-hybridized carbons (Fsp3) is 0.111. The number of nitrogens with one attached hydrogen (secondary N) is 1. The minimum Gasteiger partial charge on any atom is -0.347 e. The van der Waals surface area contributed by atoms with E-state index in [0.717, 1.165) is 0 Å². The third kappa shape index (κ3) is 3.70. The number of amides is 1. The first kappa shape index (κ1) is 12.3. The Hall–Kier alpha value is -0.770. The highest BCUT2D eigenvalue weighted by atomic mass is 35.5. The van der Waals surface area contributed by atoms with Crippen molar-refractivity contribution in [3.8, 4) is 0 Å². The first-order valence-electron chi connectivity index (χ1n) is 3.93. The quantitative estimate of drug-likeness (QED) is 0.854. The predicted molar refractivity (Wildman–Crippen MR) is 61.6 cm³/mol. The van der Waals surface area contributed by atoms with Crippen LogP contribution in [0.1, 0.15) is 10.4 Å². The molecule has 1 amide bonds. The van der Waals surface area contributed by atoms with Gasteiger partial charge in [0.15, 0.2) is 0 Å². The summed E-state index contributed by atoms with van der Waals surface area (Å²) in [4.78, 5) is 15.2. The Balaban J connectivity index is 2.74. The normalized spacial score (nSPS) is 9.80. The largest absolute Gasteiger partial charge is 0.347 e. The summed E-state index contributed by atoms with van der Waals surface area (Å²) in [7, 11) is 0. The van der Waals surface area contributed by atoms with Crippen LogP contribution in [0.5, 0.6) is 0 Å². The summed E-state index contributed by atoms with van der Waals surface area (Å²) >= 11 is 16.8. The zero-order valence-corrected chi connectivity index (χ0v) is 9.83. The van der Waals surface area contributed by atoms with Gasteiger partial charge in [-0.25, -0.2) is 4.98 Å². The van der Waals surface area contributed by atoms with Crippen LogP contribution in [-0.4, -0.2) is 17.4 Å². The molecule has 1 heterocycles. The molecule has 1 rings (SSSR count). The Bertz CT molecular complexity index is 406. The zero-order valence-electron chi connectivity index (χ0n) is 7.56. The van der Waals surface area contributed by atoms with Crippen LogP contribution in [0.25, 0.3) is 0 Å². The number of pyridine rings is 1. The molecule has 1 aromatic rings. The van der Waals surface area contributed by atoms with Crippen molar-refractivity contribution in [2.24, 2.45) is 0 Å². The van der Waals surface area contributed by atoms with Crippen LogP contribution in [0.4, 0.5) is 0 Å². The second-order valence-electron chi connectivity index (χ2n) is 2.70. The van der Waals surface area contributed by atoms with E-state index in [-0.39, 0.29) is 22.6 Å². The molecule has 80 valence electrons. The maximum Gasteiger partial charge on any atom is 0.253 e. The Morgan fingerprint density at radius 2 is 2.20 bits per heavy atom. The molecule has 0 spiro atoms. The van der Waals surface area contributed by atoms with Crippen LogP contribution in [-0.2, 0) is 0 Å². The van der Waals surface area contributed by atoms with Gasteiger partial charge in [0, 0.05) is 11.2 Å². The molecule has 6 heteroatoms. The lowest BCUT2D eigenvalue weighted by atomic mass is 10.2. The Labute approximate surface area is 102 Å². The molecule has 1 aromatic heterocycles. The molecule has 3 nitrogen and oxygen atoms in total. The van der Waals surface area contributed by atoms with Crippen molar-refractivity contribution >= 4 is 40.7 Å². The van der Waals surface area contributed by atoms with Crippen LogP contribution < -0.4 is 5.32 Å². The number of carbonyl (C=O) groups is 1. The molecule has 0 radical (unpaired) electrons. The Morgan fingerprint density at radius 1 is 1.53 bits per heavy atom. The lowest BCUT2D eigenvalue weighted by molar-refractivity contribution is 0.0957. The molecular formula is C9H7Cl3N2O. The van der Waals surface area contributed by atoms with Gasteiger partial charge in [0.1, 0.15) is 5.15 Å². The highest BCUT2D eigenvalue weighted by Crippen LogP contribution is 2.19. The summed E-state index contributed by atoms with van der Waals surface area (Å²) in [5.74, 6) is -0.331. The first-order chi connectivity index (χ1) is 7.00. The maximum absolute atomic E-state index is 11.5. The van der Waals surface area contributed by atoms with Crippen LogP contribution in [0.15, 0.2) is 23.9 Å². The number of rotatable bonds is 3. The third-order valence-corrected chi connectivity index (χ3v) is 2.32. The molecule has 0 saturated heterocycles. The van der Waals surface area contributed by atoms with Crippen molar-refractivity contribution in [1.82, 2.24) is 10.3 Å². The standard InChI is InChI=1S/C9H7Cl3N2O/c1-5(10)3-14-9(15)6-2-7(11)8(12)13-4-6/h2,4H,1,3H2,(H,14,15). The van der Waals surface area contributed by atoms with Crippen molar-refractivity contribution in [3.63, 3.8) is 0 Å². The number of hydrogen-bond donors (Lipinski definition) is 1. The van der Waals surface area contributed by atoms with Crippen molar-refractivity contribution in [2.45, 2.75) is 0 Å². The molecule has 0 unspecified atom stereocenters. The molecule has 15 heavy (non-hydrogen) atoms. The predicted octanol–water partition coefficient (Wildman–Crippen LogP) is 2.87. The summed E-state index contributed by atoms with van der Waals surface area (Å²) < 4.78 is 0. The lowest BCUT2D eigenvalue weighted by Crippen LogP contribution is -2.24. The molecule has 0 saturated carbocycles. The van der Waals surface area contributed by atoms with Gasteiger partial charge in [-0.1, -0.05) is 41.4 Å². The molecular weight excluding hydrogens is 258 g/mol. The third-order valence-electron chi connectivity index (χ3n) is 1.50. The van der Waals surface area contributed by atoms with Gasteiger partial charge in [0.2, 0.25) is 0 Å². The van der Waals surface area contributed by atoms with Crippen molar-refractivity contribution in [2.75, 3.05) is 6.54 Å². The smallest absolute Gasteiger partial charge is 0.253 e. The van der Waals surface area contributed by atoms with Gasteiger partial charge < -0.3 is 5.32 Å². The summed E-state index contributed by atoms with van der Waals surface area (Å²) in [5, 5.41) is 3.27. The average molecular weight is 266 g/mol. The van der Waals surface area contributed by atoms with Crippen LogP contribution in [0, 0.1) is 0 Å². The van der Waals surface area contributed by atoms with Gasteiger partial charge >= 0.3 is 0 Å². The Kier molecular flexibility index (Phi) is 4.39. The van der Waals surface area contributed by atoms with Crippen molar-refractivity contribution in [3.05, 3.63) is 39.6 Å². The van der Waals surface area contributed by atoms with Gasteiger partial charge in [-0.05, 0) is 6.07 Å². The number of hydrogen-bond acceptors (Lipinski definition) is 2. The highest BCUT2D eigenvalue weighted by molar-refractivity contribution is 6.41. The van der Waals surface area contributed by atoms with E-state index in [2.05, 4.69) is 16.9 Å². The minimum atomic E-state index is -0.331. The minimum absolute atomic E-state index is 0.162. The Morgan fingerprint density at radius 3 is 2.73 bits per heavy atom. The molecule has 0 aromatic carbocycles. The van der Waals surface area contributed by atoms with Crippen molar-refractivity contribution < 1.29 is 4.79 Å². The monoisotopic (exact) mass is 264 g/mol. The summed E-state index contributed by atoms with van der Waals surface area (Å²) in [6.45, 7) is 3.64. The van der Waals surface area contributed by atoms with E-state index in [1.807, 2.05) is 0 Å². The van der Waals surface area contributed by atoms with E-state index in [1.54, 1.807) is 0 Å². The van der Waals surface area contributed by atoms with E-state index in [9.17, 15) is 4.79 Å². The van der Waals surface area contributed by atoms with E-state index >= 15 is 0 Å². The first-order valence-corrected chi connectivity index (χ1v) is 5.06. The van der Waals surface area contributed by atoms with Gasteiger partial charge in [-0.2, -0.15) is 0 Å². The molecule has 0 aliphatic heterocycles. The topological polar surface area (TPSA) is 42.0 Å². The van der Waals surface area contributed by atoms with Crippen LogP contribution in [0.2, 0.25) is 10.2 Å². The van der Waals surface area contributed by atoms with Gasteiger partial charge in [-0.3, -0.25) is 4.79 Å². The summed E-state index contributed by atoms with van der Waals surface area (Å²) in [6.07, 6.45) is 1.33. The van der Waals surface area contributed by atoms with Gasteiger partial charge in [-0.15, -0.1) is 0 Å². The van der Waals surface area contributed by atoms with E-state index in [0.29, 0.717) is 10.6 Å². The number of halogens is 3. The fourth-order valence-corrected chi connectivity index (χ4v) is 1.16. The molecule has 1 N–H and O–H groups in total. The van der Waals surface area contributed by atoms with Gasteiger partial charge in [0.25, 0.3) is 5.91 Å². The second-order valence-corrected chi connectivity index (χ2v) is 4.00. The second kappa shape index (κ2) is 5.35. The van der Waals surface area contributed by atoms with Gasteiger partial charge in [0.05, 0.1) is 17.1 Å². The number of aromatic nitrogens is 1. The molecule has 0 aliphatic rings. The van der Waals surface area contributed by atoms with E-state index < -0.39 is 0 Å².